The number of amides is 1. The number of carbonyl (C=O) groups is 1. The van der Waals surface area contributed by atoms with Gasteiger partial charge in [0.25, 0.3) is 0 Å². The third-order valence-electron chi connectivity index (χ3n) is 6.98. The Morgan fingerprint density at radius 3 is 2.64 bits per heavy atom. The van der Waals surface area contributed by atoms with Crippen LogP contribution in [0, 0.1) is 18.7 Å². The first-order valence-corrected chi connectivity index (χ1v) is 13.8. The molecule has 0 N–H and O–H groups in total. The minimum Gasteiger partial charge on any atom is -0.485 e. The van der Waals surface area contributed by atoms with Gasteiger partial charge in [0.05, 0.1) is 30.7 Å². The van der Waals surface area contributed by atoms with Crippen LogP contribution in [0.25, 0.3) is 22.0 Å². The van der Waals surface area contributed by atoms with Gasteiger partial charge >= 0.3 is 0 Å². The molecule has 0 saturated carbocycles. The van der Waals surface area contributed by atoms with E-state index >= 15 is 0 Å². The SMILES string of the molecule is COc1ncc(-c2ccnc3cc(F)c(OC4CCN(C(=O)C5CCS(=O)(=O)CC5)C4)cc23)cc1C. The molecule has 190 valence electrons. The van der Waals surface area contributed by atoms with Crippen LogP contribution in [-0.2, 0) is 14.6 Å². The summed E-state index contributed by atoms with van der Waals surface area (Å²) in [6.45, 7) is 2.76. The molecule has 1 aromatic carbocycles. The summed E-state index contributed by atoms with van der Waals surface area (Å²) in [6, 6.07) is 6.83. The number of hydrogen-bond donors (Lipinski definition) is 0. The van der Waals surface area contributed by atoms with Crippen LogP contribution in [0.1, 0.15) is 24.8 Å². The highest BCUT2D eigenvalue weighted by Crippen LogP contribution is 2.34. The Bertz CT molecular complexity index is 1410. The van der Waals surface area contributed by atoms with Gasteiger partial charge in [0.1, 0.15) is 15.9 Å². The molecule has 2 aliphatic heterocycles. The van der Waals surface area contributed by atoms with E-state index in [4.69, 9.17) is 9.47 Å². The van der Waals surface area contributed by atoms with Crippen LogP contribution in [0.2, 0.25) is 0 Å². The van der Waals surface area contributed by atoms with Crippen LogP contribution in [0.15, 0.2) is 36.7 Å². The topological polar surface area (TPSA) is 98.7 Å². The van der Waals surface area contributed by atoms with Crippen molar-refractivity contribution in [1.82, 2.24) is 14.9 Å². The number of rotatable bonds is 5. The Labute approximate surface area is 209 Å². The third kappa shape index (κ3) is 4.86. The highest BCUT2D eigenvalue weighted by molar-refractivity contribution is 7.91. The second kappa shape index (κ2) is 9.65. The van der Waals surface area contributed by atoms with E-state index in [2.05, 4.69) is 9.97 Å². The molecule has 1 unspecified atom stereocenters. The molecule has 1 amide bonds. The number of pyridine rings is 2. The number of hydrogen-bond acceptors (Lipinski definition) is 7. The van der Waals surface area contributed by atoms with Gasteiger partial charge in [-0.25, -0.2) is 17.8 Å². The van der Waals surface area contributed by atoms with Crippen LogP contribution in [0.3, 0.4) is 0 Å². The summed E-state index contributed by atoms with van der Waals surface area (Å²) in [5, 5.41) is 0.731. The number of aromatic nitrogens is 2. The number of aryl methyl sites for hydroxylation is 1. The zero-order chi connectivity index (χ0) is 25.4. The molecule has 4 heterocycles. The van der Waals surface area contributed by atoms with E-state index in [1.165, 1.54) is 6.07 Å². The van der Waals surface area contributed by atoms with Crippen LogP contribution >= 0.6 is 0 Å². The Morgan fingerprint density at radius 2 is 1.92 bits per heavy atom. The summed E-state index contributed by atoms with van der Waals surface area (Å²) in [5.74, 6) is -0.0689. The Kier molecular flexibility index (Phi) is 6.55. The quantitative estimate of drug-likeness (QED) is 0.514. The van der Waals surface area contributed by atoms with E-state index in [0.29, 0.717) is 43.7 Å². The normalized spacial score (nSPS) is 20.0. The van der Waals surface area contributed by atoms with Crippen molar-refractivity contribution in [3.8, 4) is 22.8 Å². The molecule has 8 nitrogen and oxygen atoms in total. The van der Waals surface area contributed by atoms with E-state index < -0.39 is 15.7 Å². The van der Waals surface area contributed by atoms with Gasteiger partial charge in [0.15, 0.2) is 11.6 Å². The number of nitrogens with zero attached hydrogens (tertiary/aromatic N) is 3. The minimum atomic E-state index is -3.03. The standard InChI is InChI=1S/C26H28FN3O5S/c1-16-11-18(14-29-25(16)34-2)20-3-7-28-23-13-22(27)24(12-21(20)23)35-19-4-8-30(15-19)26(31)17-5-9-36(32,33)10-6-17/h3,7,11-14,17,19H,4-6,8-10,15H2,1-2H3. The van der Waals surface area contributed by atoms with Gasteiger partial charge in [0, 0.05) is 53.9 Å². The number of methoxy groups -OCH3 is 1. The summed E-state index contributed by atoms with van der Waals surface area (Å²) in [4.78, 5) is 23.3. The fraction of sp³-hybridized carbons (Fsp3) is 0.423. The predicted molar refractivity (Wildman–Crippen MR) is 133 cm³/mol. The molecule has 0 radical (unpaired) electrons. The molecule has 3 aromatic rings. The largest absolute Gasteiger partial charge is 0.485 e. The molecule has 0 bridgehead atoms. The van der Waals surface area contributed by atoms with E-state index in [0.717, 1.165) is 22.1 Å². The molecular weight excluding hydrogens is 485 g/mol. The average Bonchev–Trinajstić information content (AvgIpc) is 3.32. The van der Waals surface area contributed by atoms with Gasteiger partial charge in [0.2, 0.25) is 11.8 Å². The number of benzene rings is 1. The first-order valence-electron chi connectivity index (χ1n) is 12.0. The number of ether oxygens (including phenoxy) is 2. The molecule has 2 fully saturated rings. The molecule has 2 saturated heterocycles. The first kappa shape index (κ1) is 24.4. The van der Waals surface area contributed by atoms with Crippen molar-refractivity contribution in [2.75, 3.05) is 31.7 Å². The monoisotopic (exact) mass is 513 g/mol. The molecule has 1 atom stereocenters. The lowest BCUT2D eigenvalue weighted by Gasteiger charge is -2.26. The maximum Gasteiger partial charge on any atom is 0.225 e. The Hall–Kier alpha value is -3.27. The Balaban J connectivity index is 1.35. The summed E-state index contributed by atoms with van der Waals surface area (Å²) in [5.41, 5.74) is 3.08. The maximum absolute atomic E-state index is 15.0. The van der Waals surface area contributed by atoms with Gasteiger partial charge in [-0.3, -0.25) is 9.78 Å². The molecule has 0 aliphatic carbocycles. The zero-order valence-corrected chi connectivity index (χ0v) is 21.1. The zero-order valence-electron chi connectivity index (χ0n) is 20.2. The molecule has 10 heteroatoms. The van der Waals surface area contributed by atoms with E-state index in [1.807, 2.05) is 19.1 Å². The molecule has 2 aromatic heterocycles. The summed E-state index contributed by atoms with van der Waals surface area (Å²) >= 11 is 0. The Morgan fingerprint density at radius 1 is 1.14 bits per heavy atom. The van der Waals surface area contributed by atoms with Crippen molar-refractivity contribution in [2.24, 2.45) is 5.92 Å². The van der Waals surface area contributed by atoms with Crippen LogP contribution in [-0.4, -0.2) is 67.0 Å². The van der Waals surface area contributed by atoms with Crippen LogP contribution in [0.5, 0.6) is 11.6 Å². The fourth-order valence-electron chi connectivity index (χ4n) is 5.01. The van der Waals surface area contributed by atoms with Gasteiger partial charge < -0.3 is 14.4 Å². The molecular formula is C26H28FN3O5S. The van der Waals surface area contributed by atoms with Crippen molar-refractivity contribution in [2.45, 2.75) is 32.3 Å². The minimum absolute atomic E-state index is 0.0381. The number of carbonyl (C=O) groups excluding carboxylic acids is 1. The van der Waals surface area contributed by atoms with Crippen molar-refractivity contribution in [3.05, 3.63) is 48.0 Å². The van der Waals surface area contributed by atoms with E-state index in [9.17, 15) is 17.6 Å². The highest BCUT2D eigenvalue weighted by Gasteiger charge is 2.35. The second-order valence-corrected chi connectivity index (χ2v) is 11.8. The van der Waals surface area contributed by atoms with Crippen molar-refractivity contribution in [1.29, 1.82) is 0 Å². The third-order valence-corrected chi connectivity index (χ3v) is 8.70. The van der Waals surface area contributed by atoms with E-state index in [-0.39, 0.29) is 35.2 Å². The molecule has 5 rings (SSSR count). The summed E-state index contributed by atoms with van der Waals surface area (Å²) in [6.07, 6.45) is 4.29. The average molecular weight is 514 g/mol. The van der Waals surface area contributed by atoms with Crippen LogP contribution < -0.4 is 9.47 Å². The maximum atomic E-state index is 15.0. The number of likely N-dealkylation sites (tertiary alicyclic amines) is 1. The fourth-order valence-corrected chi connectivity index (χ4v) is 6.50. The number of sulfone groups is 1. The van der Waals surface area contributed by atoms with Gasteiger partial charge in [-0.2, -0.15) is 0 Å². The smallest absolute Gasteiger partial charge is 0.225 e. The van der Waals surface area contributed by atoms with E-state index in [1.54, 1.807) is 30.5 Å². The van der Waals surface area contributed by atoms with Crippen molar-refractivity contribution in [3.63, 3.8) is 0 Å². The lowest BCUT2D eigenvalue weighted by molar-refractivity contribution is -0.135. The number of halogens is 1. The molecule has 0 spiro atoms. The summed E-state index contributed by atoms with van der Waals surface area (Å²) in [7, 11) is -1.46. The lowest BCUT2D eigenvalue weighted by atomic mass is 10.0. The summed E-state index contributed by atoms with van der Waals surface area (Å²) < 4.78 is 49.6. The molecule has 2 aliphatic rings. The van der Waals surface area contributed by atoms with Crippen molar-refractivity contribution >= 4 is 26.6 Å². The van der Waals surface area contributed by atoms with Crippen LogP contribution in [0.4, 0.5) is 4.39 Å². The predicted octanol–water partition coefficient (Wildman–Crippen LogP) is 3.56. The van der Waals surface area contributed by atoms with Gasteiger partial charge in [-0.15, -0.1) is 0 Å². The lowest BCUT2D eigenvalue weighted by Crippen LogP contribution is -2.39. The molecule has 36 heavy (non-hydrogen) atoms. The van der Waals surface area contributed by atoms with Gasteiger partial charge in [-0.1, -0.05) is 0 Å². The second-order valence-electron chi connectivity index (χ2n) is 9.45. The first-order chi connectivity index (χ1) is 17.2. The number of fused-ring (bicyclic) bond motifs is 1. The van der Waals surface area contributed by atoms with Gasteiger partial charge in [-0.05, 0) is 43.5 Å². The highest BCUT2D eigenvalue weighted by atomic mass is 32.2. The van der Waals surface area contributed by atoms with Crippen molar-refractivity contribution < 1.29 is 27.1 Å².